The molecule has 2 fully saturated rings. The van der Waals surface area contributed by atoms with Gasteiger partial charge in [-0.05, 0) is 55.9 Å². The number of amides is 2. The molecule has 0 radical (unpaired) electrons. The second kappa shape index (κ2) is 6.93. The van der Waals surface area contributed by atoms with Gasteiger partial charge in [0.1, 0.15) is 0 Å². The molecule has 3 atom stereocenters. The van der Waals surface area contributed by atoms with Crippen molar-refractivity contribution < 1.29 is 9.59 Å². The summed E-state index contributed by atoms with van der Waals surface area (Å²) in [6.45, 7) is 1.90. The molecule has 1 saturated heterocycles. The van der Waals surface area contributed by atoms with Crippen LogP contribution in [0.1, 0.15) is 48.0 Å². The summed E-state index contributed by atoms with van der Waals surface area (Å²) in [7, 11) is 3.48. The minimum absolute atomic E-state index is 0.0214. The van der Waals surface area contributed by atoms with E-state index in [1.807, 2.05) is 19.1 Å². The number of hydrogen-bond acceptors (Lipinski definition) is 3. The molecular weight excluding hydrogens is 302 g/mol. The van der Waals surface area contributed by atoms with Gasteiger partial charge in [-0.3, -0.25) is 9.59 Å². The third-order valence-corrected chi connectivity index (χ3v) is 5.31. The molecule has 0 bridgehead atoms. The zero-order valence-corrected chi connectivity index (χ0v) is 14.8. The first-order valence-corrected chi connectivity index (χ1v) is 8.85. The number of rotatable bonds is 3. The van der Waals surface area contributed by atoms with Gasteiger partial charge in [-0.1, -0.05) is 12.8 Å². The van der Waals surface area contributed by atoms with Gasteiger partial charge in [0.25, 0.3) is 5.91 Å². The van der Waals surface area contributed by atoms with Gasteiger partial charge in [-0.25, -0.2) is 0 Å². The lowest BCUT2D eigenvalue weighted by Gasteiger charge is -2.24. The zero-order valence-electron chi connectivity index (χ0n) is 14.8. The fourth-order valence-electron chi connectivity index (χ4n) is 3.97. The van der Waals surface area contributed by atoms with E-state index in [4.69, 9.17) is 0 Å². The van der Waals surface area contributed by atoms with Crippen LogP contribution in [-0.2, 0) is 4.79 Å². The highest BCUT2D eigenvalue weighted by atomic mass is 16.2. The molecule has 0 aromatic heterocycles. The Balaban J connectivity index is 1.64. The standard InChI is InChI=1S/C19H27N3O2/c1-12-10-14(8-9-15(12)19(24)22(2)3)20-18(23)17-11-13-6-4-5-7-16(13)21-17/h8-10,13,16-17,21H,4-7,11H2,1-3H3,(H,20,23). The molecule has 5 nitrogen and oxygen atoms in total. The Kier molecular flexibility index (Phi) is 4.90. The van der Waals surface area contributed by atoms with Gasteiger partial charge in [0.15, 0.2) is 0 Å². The normalized spacial score (nSPS) is 25.9. The van der Waals surface area contributed by atoms with Crippen LogP contribution >= 0.6 is 0 Å². The highest BCUT2D eigenvalue weighted by Gasteiger charge is 2.38. The Bertz CT molecular complexity index is 627. The molecule has 0 spiro atoms. The lowest BCUT2D eigenvalue weighted by atomic mass is 9.85. The number of carbonyl (C=O) groups is 2. The van der Waals surface area contributed by atoms with E-state index in [1.165, 1.54) is 25.7 Å². The Hall–Kier alpha value is -1.88. The monoisotopic (exact) mass is 329 g/mol. The van der Waals surface area contributed by atoms with E-state index in [0.29, 0.717) is 17.5 Å². The van der Waals surface area contributed by atoms with Gasteiger partial charge in [-0.2, -0.15) is 0 Å². The third-order valence-electron chi connectivity index (χ3n) is 5.31. The van der Waals surface area contributed by atoms with Crippen molar-refractivity contribution in [2.24, 2.45) is 5.92 Å². The van der Waals surface area contributed by atoms with Gasteiger partial charge in [-0.15, -0.1) is 0 Å². The minimum Gasteiger partial charge on any atom is -0.345 e. The number of benzene rings is 1. The summed E-state index contributed by atoms with van der Waals surface area (Å²) in [6.07, 6.45) is 5.92. The highest BCUT2D eigenvalue weighted by molar-refractivity contribution is 5.98. The van der Waals surface area contributed by atoms with Crippen molar-refractivity contribution in [3.8, 4) is 0 Å². The largest absolute Gasteiger partial charge is 0.345 e. The molecule has 130 valence electrons. The molecule has 1 heterocycles. The number of aryl methyl sites for hydroxylation is 1. The highest BCUT2D eigenvalue weighted by Crippen LogP contribution is 2.33. The molecule has 1 saturated carbocycles. The maximum atomic E-state index is 12.5. The fourth-order valence-corrected chi connectivity index (χ4v) is 3.97. The van der Waals surface area contributed by atoms with E-state index in [2.05, 4.69) is 10.6 Å². The number of hydrogen-bond donors (Lipinski definition) is 2. The van der Waals surface area contributed by atoms with E-state index in [1.54, 1.807) is 25.1 Å². The van der Waals surface area contributed by atoms with Crippen LogP contribution in [0.4, 0.5) is 5.69 Å². The van der Waals surface area contributed by atoms with Crippen LogP contribution in [0.3, 0.4) is 0 Å². The van der Waals surface area contributed by atoms with E-state index < -0.39 is 0 Å². The second-order valence-electron chi connectivity index (χ2n) is 7.32. The maximum absolute atomic E-state index is 12.5. The van der Waals surface area contributed by atoms with Crippen LogP contribution < -0.4 is 10.6 Å². The SMILES string of the molecule is Cc1cc(NC(=O)C2CC3CCCCC3N2)ccc1C(=O)N(C)C. The van der Waals surface area contributed by atoms with Crippen molar-refractivity contribution in [2.75, 3.05) is 19.4 Å². The quantitative estimate of drug-likeness (QED) is 0.896. The number of carbonyl (C=O) groups excluding carboxylic acids is 2. The summed E-state index contributed by atoms with van der Waals surface area (Å²) >= 11 is 0. The van der Waals surface area contributed by atoms with Crippen LogP contribution in [0.25, 0.3) is 0 Å². The average molecular weight is 329 g/mol. The van der Waals surface area contributed by atoms with E-state index >= 15 is 0 Å². The first-order chi connectivity index (χ1) is 11.5. The summed E-state index contributed by atoms with van der Waals surface area (Å²) in [4.78, 5) is 26.2. The first-order valence-electron chi connectivity index (χ1n) is 8.85. The Morgan fingerprint density at radius 2 is 1.96 bits per heavy atom. The van der Waals surface area contributed by atoms with Crippen LogP contribution in [0, 0.1) is 12.8 Å². The summed E-state index contributed by atoms with van der Waals surface area (Å²) in [6, 6.07) is 5.88. The molecule has 24 heavy (non-hydrogen) atoms. The van der Waals surface area contributed by atoms with Gasteiger partial charge in [0.05, 0.1) is 6.04 Å². The molecule has 2 N–H and O–H groups in total. The predicted octanol–water partition coefficient (Wildman–Crippen LogP) is 2.56. The van der Waals surface area contributed by atoms with Crippen LogP contribution in [0.5, 0.6) is 0 Å². The number of nitrogens with one attached hydrogen (secondary N) is 2. The number of fused-ring (bicyclic) bond motifs is 1. The summed E-state index contributed by atoms with van der Waals surface area (Å²) in [5.74, 6) is 0.665. The van der Waals surface area contributed by atoms with Crippen molar-refractivity contribution in [3.05, 3.63) is 29.3 Å². The van der Waals surface area contributed by atoms with Crippen molar-refractivity contribution in [1.29, 1.82) is 0 Å². The van der Waals surface area contributed by atoms with Gasteiger partial charge in [0.2, 0.25) is 5.91 Å². The summed E-state index contributed by atoms with van der Waals surface area (Å²) in [5, 5.41) is 6.50. The maximum Gasteiger partial charge on any atom is 0.253 e. The molecule has 5 heteroatoms. The molecular formula is C19H27N3O2. The third kappa shape index (κ3) is 3.46. The van der Waals surface area contributed by atoms with E-state index in [-0.39, 0.29) is 17.9 Å². The van der Waals surface area contributed by atoms with Crippen LogP contribution in [0.15, 0.2) is 18.2 Å². The molecule has 2 amide bonds. The number of nitrogens with zero attached hydrogens (tertiary/aromatic N) is 1. The predicted molar refractivity (Wildman–Crippen MR) is 95.1 cm³/mol. The van der Waals surface area contributed by atoms with Crippen LogP contribution in [0.2, 0.25) is 0 Å². The fraction of sp³-hybridized carbons (Fsp3) is 0.579. The van der Waals surface area contributed by atoms with Crippen molar-refractivity contribution >= 4 is 17.5 Å². The van der Waals surface area contributed by atoms with Gasteiger partial charge < -0.3 is 15.5 Å². The van der Waals surface area contributed by atoms with Crippen molar-refractivity contribution in [2.45, 2.75) is 51.1 Å². The van der Waals surface area contributed by atoms with E-state index in [9.17, 15) is 9.59 Å². The van der Waals surface area contributed by atoms with Gasteiger partial charge in [0, 0.05) is 31.4 Å². The Labute approximate surface area is 143 Å². The second-order valence-corrected chi connectivity index (χ2v) is 7.32. The average Bonchev–Trinajstić information content (AvgIpc) is 2.98. The minimum atomic E-state index is -0.0958. The molecule has 1 aliphatic carbocycles. The summed E-state index contributed by atoms with van der Waals surface area (Å²) < 4.78 is 0. The van der Waals surface area contributed by atoms with E-state index in [0.717, 1.165) is 17.7 Å². The van der Waals surface area contributed by atoms with Crippen molar-refractivity contribution in [3.63, 3.8) is 0 Å². The molecule has 1 aliphatic heterocycles. The molecule has 3 rings (SSSR count). The molecule has 2 aliphatic rings. The molecule has 1 aromatic rings. The molecule has 1 aromatic carbocycles. The first kappa shape index (κ1) is 17.0. The van der Waals surface area contributed by atoms with Gasteiger partial charge >= 0.3 is 0 Å². The van der Waals surface area contributed by atoms with Crippen molar-refractivity contribution in [1.82, 2.24) is 10.2 Å². The summed E-state index contributed by atoms with van der Waals surface area (Å²) in [5.41, 5.74) is 2.30. The smallest absolute Gasteiger partial charge is 0.253 e. The zero-order chi connectivity index (χ0) is 17.3. The molecule has 3 unspecified atom stereocenters. The Morgan fingerprint density at radius 1 is 1.21 bits per heavy atom. The number of anilines is 1. The Morgan fingerprint density at radius 3 is 2.62 bits per heavy atom. The lowest BCUT2D eigenvalue weighted by molar-refractivity contribution is -0.117. The van der Waals surface area contributed by atoms with Crippen LogP contribution in [-0.4, -0.2) is 42.9 Å². The topological polar surface area (TPSA) is 61.4 Å². The lowest BCUT2D eigenvalue weighted by Crippen LogP contribution is -2.39.